The molecule has 0 aliphatic heterocycles. The Morgan fingerprint density at radius 1 is 1.22 bits per heavy atom. The van der Waals surface area contributed by atoms with Gasteiger partial charge in [-0.05, 0) is 57.2 Å². The topological polar surface area (TPSA) is 78.3 Å². The summed E-state index contributed by atoms with van der Waals surface area (Å²) in [5, 5.41) is 14.8. The van der Waals surface area contributed by atoms with E-state index in [0.29, 0.717) is 17.2 Å². The van der Waals surface area contributed by atoms with Crippen LogP contribution >= 0.6 is 23.1 Å². The molecule has 7 nitrogen and oxygen atoms in total. The van der Waals surface area contributed by atoms with Gasteiger partial charge in [0.1, 0.15) is 11.5 Å². The van der Waals surface area contributed by atoms with Crippen LogP contribution in [0.2, 0.25) is 0 Å². The highest BCUT2D eigenvalue weighted by molar-refractivity contribution is 7.99. The number of aromatic nitrogens is 3. The molecule has 2 heterocycles. The summed E-state index contributed by atoms with van der Waals surface area (Å²) in [6.45, 7) is 4.25. The maximum Gasteiger partial charge on any atom is 0.234 e. The number of thiophene rings is 1. The molecule has 1 N–H and O–H groups in total. The molecule has 9 heteroatoms. The molecular formula is C23H28N4O3S2. The number of nitrogens with one attached hydrogen (secondary N) is 1. The van der Waals surface area contributed by atoms with Gasteiger partial charge < -0.3 is 14.8 Å². The minimum atomic E-state index is -0.133. The highest BCUT2D eigenvalue weighted by atomic mass is 32.2. The molecule has 3 aromatic rings. The van der Waals surface area contributed by atoms with E-state index < -0.39 is 0 Å². The van der Waals surface area contributed by atoms with Crippen molar-refractivity contribution in [2.45, 2.75) is 50.7 Å². The molecule has 1 aromatic carbocycles. The van der Waals surface area contributed by atoms with Gasteiger partial charge in [-0.25, -0.2) is 0 Å². The Kier molecular flexibility index (Phi) is 7.05. The standard InChI is InChI=1S/C23H28N4O3S2/c1-14(2)27-22(17-12-31-20-8-6-5-7-16(17)20)25-26-23(27)32-13-21(28)24-18-10-9-15(29-3)11-19(18)30-4/h9-12,14H,5-8,13H2,1-4H3,(H,24,28). The van der Waals surface area contributed by atoms with Crippen molar-refractivity contribution in [1.29, 1.82) is 0 Å². The summed E-state index contributed by atoms with van der Waals surface area (Å²) in [5.74, 6) is 2.22. The number of aryl methyl sites for hydroxylation is 1. The monoisotopic (exact) mass is 472 g/mol. The smallest absolute Gasteiger partial charge is 0.234 e. The second-order valence-corrected chi connectivity index (χ2v) is 9.84. The Labute approximate surface area is 196 Å². The van der Waals surface area contributed by atoms with Crippen LogP contribution in [0.3, 0.4) is 0 Å². The van der Waals surface area contributed by atoms with Crippen LogP contribution in [0.4, 0.5) is 5.69 Å². The largest absolute Gasteiger partial charge is 0.497 e. The molecule has 0 bridgehead atoms. The van der Waals surface area contributed by atoms with Gasteiger partial charge in [0.05, 0.1) is 25.7 Å². The zero-order valence-electron chi connectivity index (χ0n) is 18.8. The molecule has 170 valence electrons. The number of ether oxygens (including phenoxy) is 2. The lowest BCUT2D eigenvalue weighted by molar-refractivity contribution is -0.113. The van der Waals surface area contributed by atoms with E-state index >= 15 is 0 Å². The summed E-state index contributed by atoms with van der Waals surface area (Å²) in [7, 11) is 3.16. The number of fused-ring (bicyclic) bond motifs is 1. The van der Waals surface area contributed by atoms with Crippen LogP contribution < -0.4 is 14.8 Å². The highest BCUT2D eigenvalue weighted by Crippen LogP contribution is 2.38. The van der Waals surface area contributed by atoms with Crippen LogP contribution in [0.5, 0.6) is 11.5 Å². The average molecular weight is 473 g/mol. The number of rotatable bonds is 8. The zero-order valence-corrected chi connectivity index (χ0v) is 20.4. The van der Waals surface area contributed by atoms with E-state index in [1.807, 2.05) is 11.3 Å². The lowest BCUT2D eigenvalue weighted by Gasteiger charge is -2.16. The quantitative estimate of drug-likeness (QED) is 0.453. The molecule has 0 unspecified atom stereocenters. The van der Waals surface area contributed by atoms with Crippen molar-refractivity contribution in [3.05, 3.63) is 34.0 Å². The van der Waals surface area contributed by atoms with Crippen LogP contribution in [-0.4, -0.2) is 40.6 Å². The van der Waals surface area contributed by atoms with Crippen molar-refractivity contribution in [2.75, 3.05) is 25.3 Å². The van der Waals surface area contributed by atoms with E-state index in [-0.39, 0.29) is 17.7 Å². The highest BCUT2D eigenvalue weighted by Gasteiger charge is 2.24. The number of amides is 1. The Balaban J connectivity index is 1.49. The van der Waals surface area contributed by atoms with E-state index in [4.69, 9.17) is 9.47 Å². The van der Waals surface area contributed by atoms with Gasteiger partial charge in [-0.15, -0.1) is 21.5 Å². The third kappa shape index (κ3) is 4.63. The summed E-state index contributed by atoms with van der Waals surface area (Å²) in [4.78, 5) is 14.1. The van der Waals surface area contributed by atoms with Crippen molar-refractivity contribution >= 4 is 34.7 Å². The van der Waals surface area contributed by atoms with Crippen LogP contribution in [0.1, 0.15) is 43.2 Å². The van der Waals surface area contributed by atoms with Gasteiger partial charge in [0.25, 0.3) is 0 Å². The minimum absolute atomic E-state index is 0.133. The van der Waals surface area contributed by atoms with E-state index in [2.05, 4.69) is 39.3 Å². The van der Waals surface area contributed by atoms with Crippen molar-refractivity contribution in [3.8, 4) is 22.9 Å². The van der Waals surface area contributed by atoms with Crippen LogP contribution in [0.25, 0.3) is 11.4 Å². The third-order valence-corrected chi connectivity index (χ3v) is 7.53. The molecule has 4 rings (SSSR count). The maximum absolute atomic E-state index is 12.6. The van der Waals surface area contributed by atoms with Gasteiger partial charge in [-0.1, -0.05) is 11.8 Å². The maximum atomic E-state index is 12.6. The Bertz CT molecular complexity index is 1110. The Hall–Kier alpha value is -2.52. The SMILES string of the molecule is COc1ccc(NC(=O)CSc2nnc(-c3csc4c3CCCC4)n2C(C)C)c(OC)c1. The summed E-state index contributed by atoms with van der Waals surface area (Å²) in [6.07, 6.45) is 4.75. The number of carbonyl (C=O) groups is 1. The lowest BCUT2D eigenvalue weighted by atomic mass is 9.95. The fourth-order valence-electron chi connectivity index (χ4n) is 3.92. The predicted molar refractivity (Wildman–Crippen MR) is 129 cm³/mol. The van der Waals surface area contributed by atoms with Gasteiger partial charge in [0, 0.05) is 27.9 Å². The van der Waals surface area contributed by atoms with E-state index in [0.717, 1.165) is 23.8 Å². The van der Waals surface area contributed by atoms with Gasteiger partial charge in [-0.2, -0.15) is 0 Å². The fraction of sp³-hybridized carbons (Fsp3) is 0.435. The first-order valence-corrected chi connectivity index (χ1v) is 12.6. The molecule has 0 atom stereocenters. The molecule has 0 saturated heterocycles. The Morgan fingerprint density at radius 2 is 2.03 bits per heavy atom. The number of hydrogen-bond acceptors (Lipinski definition) is 7. The molecule has 0 fully saturated rings. The Morgan fingerprint density at radius 3 is 2.78 bits per heavy atom. The van der Waals surface area contributed by atoms with Crippen LogP contribution in [-0.2, 0) is 17.6 Å². The molecule has 0 spiro atoms. The number of methoxy groups -OCH3 is 2. The number of carbonyl (C=O) groups excluding carboxylic acids is 1. The second-order valence-electron chi connectivity index (χ2n) is 7.93. The van der Waals surface area contributed by atoms with Crippen molar-refractivity contribution in [2.24, 2.45) is 0 Å². The van der Waals surface area contributed by atoms with Crippen molar-refractivity contribution in [1.82, 2.24) is 14.8 Å². The van der Waals surface area contributed by atoms with Crippen molar-refractivity contribution < 1.29 is 14.3 Å². The fourth-order valence-corrected chi connectivity index (χ4v) is 5.92. The van der Waals surface area contributed by atoms with E-state index in [1.165, 1.54) is 40.6 Å². The molecule has 2 aromatic heterocycles. The predicted octanol–water partition coefficient (Wildman–Crippen LogP) is 5.21. The van der Waals surface area contributed by atoms with Crippen molar-refractivity contribution in [3.63, 3.8) is 0 Å². The third-order valence-electron chi connectivity index (χ3n) is 5.50. The first kappa shape index (κ1) is 22.7. The number of hydrogen-bond donors (Lipinski definition) is 1. The first-order valence-electron chi connectivity index (χ1n) is 10.7. The summed E-state index contributed by atoms with van der Waals surface area (Å²) in [5.41, 5.74) is 3.23. The second kappa shape index (κ2) is 9.95. The summed E-state index contributed by atoms with van der Waals surface area (Å²) in [6, 6.07) is 5.49. The zero-order chi connectivity index (χ0) is 22.7. The van der Waals surface area contributed by atoms with E-state index in [1.54, 1.807) is 32.4 Å². The van der Waals surface area contributed by atoms with E-state index in [9.17, 15) is 4.79 Å². The first-order chi connectivity index (χ1) is 15.5. The molecule has 1 aliphatic carbocycles. The summed E-state index contributed by atoms with van der Waals surface area (Å²) >= 11 is 3.22. The van der Waals surface area contributed by atoms with Crippen LogP contribution in [0, 0.1) is 0 Å². The lowest BCUT2D eigenvalue weighted by Crippen LogP contribution is -2.15. The molecule has 0 saturated carbocycles. The van der Waals surface area contributed by atoms with Gasteiger partial charge >= 0.3 is 0 Å². The van der Waals surface area contributed by atoms with Gasteiger partial charge in [0.2, 0.25) is 5.91 Å². The van der Waals surface area contributed by atoms with Crippen LogP contribution in [0.15, 0.2) is 28.7 Å². The molecular weight excluding hydrogens is 444 g/mol. The number of thioether (sulfide) groups is 1. The minimum Gasteiger partial charge on any atom is -0.497 e. The number of anilines is 1. The van der Waals surface area contributed by atoms with Gasteiger partial charge in [0.15, 0.2) is 11.0 Å². The average Bonchev–Trinajstić information content (AvgIpc) is 3.42. The molecule has 32 heavy (non-hydrogen) atoms. The van der Waals surface area contributed by atoms with Gasteiger partial charge in [-0.3, -0.25) is 9.36 Å². The number of benzene rings is 1. The normalized spacial score (nSPS) is 13.2. The molecule has 1 amide bonds. The molecule has 0 radical (unpaired) electrons. The number of nitrogens with zero attached hydrogens (tertiary/aromatic N) is 3. The molecule has 1 aliphatic rings. The summed E-state index contributed by atoms with van der Waals surface area (Å²) < 4.78 is 12.7.